The van der Waals surface area contributed by atoms with Gasteiger partial charge < -0.3 is 4.90 Å². The monoisotopic (exact) mass is 321 g/mol. The van der Waals surface area contributed by atoms with Crippen molar-refractivity contribution in [3.63, 3.8) is 0 Å². The molecule has 1 aliphatic rings. The fourth-order valence-electron chi connectivity index (χ4n) is 3.70. The molecule has 3 heterocycles. The third-order valence-corrected chi connectivity index (χ3v) is 4.89. The molecular formula is C19H23N5. The van der Waals surface area contributed by atoms with Crippen molar-refractivity contribution in [3.8, 4) is 0 Å². The van der Waals surface area contributed by atoms with Crippen LogP contribution in [0.5, 0.6) is 0 Å². The molecule has 124 valence electrons. The molecule has 0 spiro atoms. The van der Waals surface area contributed by atoms with Crippen LogP contribution in [-0.2, 0) is 6.42 Å². The fraction of sp³-hybridized carbons (Fsp3) is 0.421. The van der Waals surface area contributed by atoms with Crippen LogP contribution in [0.1, 0.15) is 36.9 Å². The summed E-state index contributed by atoms with van der Waals surface area (Å²) in [7, 11) is 0. The number of hydrogen-bond donors (Lipinski definition) is 0. The van der Waals surface area contributed by atoms with E-state index in [1.807, 2.05) is 11.4 Å². The lowest BCUT2D eigenvalue weighted by molar-refractivity contribution is 0.432. The van der Waals surface area contributed by atoms with Gasteiger partial charge in [-0.05, 0) is 44.6 Å². The maximum atomic E-state index is 4.47. The zero-order valence-corrected chi connectivity index (χ0v) is 14.1. The number of aryl methyl sites for hydroxylation is 2. The molecule has 5 nitrogen and oxygen atoms in total. The van der Waals surface area contributed by atoms with Gasteiger partial charge in [-0.15, -0.1) is 0 Å². The molecule has 1 fully saturated rings. The molecule has 4 rings (SSSR count). The zero-order valence-electron chi connectivity index (χ0n) is 14.1. The number of benzene rings is 1. The molecule has 1 saturated heterocycles. The summed E-state index contributed by atoms with van der Waals surface area (Å²) in [5.41, 5.74) is 2.41. The lowest BCUT2D eigenvalue weighted by Gasteiger charge is -2.37. The molecule has 1 atom stereocenters. The number of nitrogens with zero attached hydrogens (tertiary/aromatic N) is 5. The first-order valence-corrected chi connectivity index (χ1v) is 8.79. The molecule has 0 radical (unpaired) electrons. The van der Waals surface area contributed by atoms with E-state index in [0.717, 1.165) is 24.5 Å². The van der Waals surface area contributed by atoms with E-state index in [4.69, 9.17) is 0 Å². The van der Waals surface area contributed by atoms with Crippen molar-refractivity contribution in [3.05, 3.63) is 54.0 Å². The minimum atomic E-state index is 0.549. The van der Waals surface area contributed by atoms with Gasteiger partial charge in [0.25, 0.3) is 5.78 Å². The predicted octanol–water partition coefficient (Wildman–Crippen LogP) is 3.42. The van der Waals surface area contributed by atoms with E-state index in [9.17, 15) is 0 Å². The number of piperidine rings is 1. The van der Waals surface area contributed by atoms with Crippen LogP contribution in [0.15, 0.2) is 42.7 Å². The van der Waals surface area contributed by atoms with Crippen LogP contribution in [0.4, 0.5) is 5.82 Å². The molecule has 5 heteroatoms. The van der Waals surface area contributed by atoms with Crippen molar-refractivity contribution in [1.29, 1.82) is 0 Å². The van der Waals surface area contributed by atoms with Crippen molar-refractivity contribution in [2.75, 3.05) is 11.4 Å². The van der Waals surface area contributed by atoms with Gasteiger partial charge >= 0.3 is 0 Å². The Labute approximate surface area is 142 Å². The zero-order chi connectivity index (χ0) is 16.4. The Morgan fingerprint density at radius 2 is 2.04 bits per heavy atom. The highest BCUT2D eigenvalue weighted by atomic mass is 15.4. The molecule has 3 aromatic rings. The highest BCUT2D eigenvalue weighted by molar-refractivity contribution is 5.48. The Kier molecular flexibility index (Phi) is 4.15. The molecule has 1 unspecified atom stereocenters. The number of rotatable bonds is 4. The van der Waals surface area contributed by atoms with Gasteiger partial charge in [-0.2, -0.15) is 14.6 Å². The molecule has 2 aromatic heterocycles. The third kappa shape index (κ3) is 2.98. The van der Waals surface area contributed by atoms with E-state index in [-0.39, 0.29) is 0 Å². The molecule has 0 amide bonds. The first-order chi connectivity index (χ1) is 11.8. The average molecular weight is 321 g/mol. The maximum Gasteiger partial charge on any atom is 0.254 e. The summed E-state index contributed by atoms with van der Waals surface area (Å²) >= 11 is 0. The van der Waals surface area contributed by atoms with Crippen molar-refractivity contribution in [2.24, 2.45) is 0 Å². The van der Waals surface area contributed by atoms with Crippen molar-refractivity contribution in [1.82, 2.24) is 19.6 Å². The van der Waals surface area contributed by atoms with Gasteiger partial charge in [-0.25, -0.2) is 4.98 Å². The predicted molar refractivity (Wildman–Crippen MR) is 95.3 cm³/mol. The quantitative estimate of drug-likeness (QED) is 0.738. The standard InChI is InChI=1S/C19H23N5/c1-15-13-18(24-19(22-15)20-14-21-24)23-12-6-5-9-17(23)11-10-16-7-3-2-4-8-16/h2-4,7-8,13-14,17H,5-6,9-12H2,1H3. The van der Waals surface area contributed by atoms with Gasteiger partial charge in [0.1, 0.15) is 12.1 Å². The van der Waals surface area contributed by atoms with E-state index in [0.29, 0.717) is 11.8 Å². The van der Waals surface area contributed by atoms with Gasteiger partial charge in [0.2, 0.25) is 0 Å². The van der Waals surface area contributed by atoms with Crippen LogP contribution in [0, 0.1) is 6.92 Å². The van der Waals surface area contributed by atoms with E-state index < -0.39 is 0 Å². The van der Waals surface area contributed by atoms with E-state index in [1.54, 1.807) is 6.33 Å². The summed E-state index contributed by atoms with van der Waals surface area (Å²) in [4.78, 5) is 11.3. The second kappa shape index (κ2) is 6.59. The van der Waals surface area contributed by atoms with Gasteiger partial charge in [0, 0.05) is 24.3 Å². The van der Waals surface area contributed by atoms with Gasteiger partial charge in [-0.1, -0.05) is 30.3 Å². The van der Waals surface area contributed by atoms with Gasteiger partial charge in [0.05, 0.1) is 0 Å². The van der Waals surface area contributed by atoms with Crippen LogP contribution < -0.4 is 4.90 Å². The van der Waals surface area contributed by atoms with E-state index >= 15 is 0 Å². The summed E-state index contributed by atoms with van der Waals surface area (Å²) in [5.74, 6) is 1.82. The highest BCUT2D eigenvalue weighted by Gasteiger charge is 2.25. The number of anilines is 1. The average Bonchev–Trinajstić information content (AvgIpc) is 3.09. The van der Waals surface area contributed by atoms with Crippen molar-refractivity contribution >= 4 is 11.6 Å². The Morgan fingerprint density at radius 1 is 1.17 bits per heavy atom. The lowest BCUT2D eigenvalue weighted by Crippen LogP contribution is -2.41. The smallest absolute Gasteiger partial charge is 0.254 e. The second-order valence-corrected chi connectivity index (χ2v) is 6.59. The Bertz CT molecular complexity index is 811. The first kappa shape index (κ1) is 15.1. The minimum Gasteiger partial charge on any atom is -0.353 e. The largest absolute Gasteiger partial charge is 0.353 e. The molecule has 1 aliphatic heterocycles. The molecule has 0 bridgehead atoms. The number of hydrogen-bond acceptors (Lipinski definition) is 4. The lowest BCUT2D eigenvalue weighted by atomic mass is 9.96. The Balaban J connectivity index is 1.60. The number of aromatic nitrogens is 4. The summed E-state index contributed by atoms with van der Waals surface area (Å²) in [6.07, 6.45) is 7.66. The van der Waals surface area contributed by atoms with Crippen LogP contribution in [0.3, 0.4) is 0 Å². The maximum absolute atomic E-state index is 4.47. The molecular weight excluding hydrogens is 298 g/mol. The van der Waals surface area contributed by atoms with E-state index in [1.165, 1.54) is 31.2 Å². The fourth-order valence-corrected chi connectivity index (χ4v) is 3.70. The van der Waals surface area contributed by atoms with Crippen LogP contribution in [0.2, 0.25) is 0 Å². The van der Waals surface area contributed by atoms with Crippen molar-refractivity contribution in [2.45, 2.75) is 45.1 Å². The van der Waals surface area contributed by atoms with Crippen LogP contribution >= 0.6 is 0 Å². The highest BCUT2D eigenvalue weighted by Crippen LogP contribution is 2.27. The molecule has 0 N–H and O–H groups in total. The van der Waals surface area contributed by atoms with Crippen molar-refractivity contribution < 1.29 is 0 Å². The summed E-state index contributed by atoms with van der Waals surface area (Å²) in [6, 6.07) is 13.5. The molecule has 1 aromatic carbocycles. The molecule has 0 saturated carbocycles. The van der Waals surface area contributed by atoms with Crippen LogP contribution in [0.25, 0.3) is 5.78 Å². The normalized spacial score (nSPS) is 18.2. The Morgan fingerprint density at radius 3 is 2.92 bits per heavy atom. The summed E-state index contributed by atoms with van der Waals surface area (Å²) in [5, 5.41) is 4.39. The van der Waals surface area contributed by atoms with Gasteiger partial charge in [0.15, 0.2) is 0 Å². The topological polar surface area (TPSA) is 46.3 Å². The third-order valence-electron chi connectivity index (χ3n) is 4.89. The van der Waals surface area contributed by atoms with Crippen LogP contribution in [-0.4, -0.2) is 32.2 Å². The van der Waals surface area contributed by atoms with Gasteiger partial charge in [-0.3, -0.25) is 0 Å². The summed E-state index contributed by atoms with van der Waals surface area (Å²) in [6.45, 7) is 3.11. The first-order valence-electron chi connectivity index (χ1n) is 8.79. The SMILES string of the molecule is Cc1cc(N2CCCCC2CCc2ccccc2)n2ncnc2n1. The second-order valence-electron chi connectivity index (χ2n) is 6.59. The molecule has 24 heavy (non-hydrogen) atoms. The summed E-state index contributed by atoms with van der Waals surface area (Å²) < 4.78 is 1.88. The molecule has 0 aliphatic carbocycles. The number of fused-ring (bicyclic) bond motifs is 1. The minimum absolute atomic E-state index is 0.549. The Hall–Kier alpha value is -2.43. The van der Waals surface area contributed by atoms with E-state index in [2.05, 4.69) is 56.4 Å².